The maximum atomic E-state index is 14.5. The summed E-state index contributed by atoms with van der Waals surface area (Å²) in [5, 5.41) is 13.0. The predicted octanol–water partition coefficient (Wildman–Crippen LogP) is 1.02. The zero-order chi connectivity index (χ0) is 20.7. The molecule has 1 amide bonds. The highest BCUT2D eigenvalue weighted by Gasteiger charge is 2.43. The molecule has 28 heavy (non-hydrogen) atoms. The Morgan fingerprint density at radius 1 is 1.32 bits per heavy atom. The summed E-state index contributed by atoms with van der Waals surface area (Å²) in [6, 6.07) is 3.61. The highest BCUT2D eigenvalue weighted by atomic mass is 32.2. The predicted molar refractivity (Wildman–Crippen MR) is 96.1 cm³/mol. The minimum absolute atomic E-state index is 0.0493. The van der Waals surface area contributed by atoms with Gasteiger partial charge in [-0.25, -0.2) is 31.5 Å². The molecule has 0 spiro atoms. The maximum Gasteiger partial charge on any atom is 0.293 e. The van der Waals surface area contributed by atoms with E-state index in [9.17, 15) is 22.0 Å². The third-order valence-corrected chi connectivity index (χ3v) is 6.20. The molecule has 2 heterocycles. The zero-order valence-corrected chi connectivity index (χ0v) is 15.6. The lowest BCUT2D eigenvalue weighted by Gasteiger charge is -2.40. The number of guanidine groups is 1. The number of sulfonamides is 1. The van der Waals surface area contributed by atoms with Crippen LogP contribution in [0.4, 0.5) is 14.5 Å². The van der Waals surface area contributed by atoms with E-state index in [-0.39, 0.29) is 17.1 Å². The van der Waals surface area contributed by atoms with E-state index in [1.54, 1.807) is 0 Å². The second-order valence-corrected chi connectivity index (χ2v) is 8.40. The van der Waals surface area contributed by atoms with Crippen molar-refractivity contribution in [2.45, 2.75) is 12.5 Å². The van der Waals surface area contributed by atoms with Crippen LogP contribution < -0.4 is 10.6 Å². The fourth-order valence-electron chi connectivity index (χ4n) is 2.76. The highest BCUT2D eigenvalue weighted by Crippen LogP contribution is 2.31. The van der Waals surface area contributed by atoms with Gasteiger partial charge in [0.05, 0.1) is 23.7 Å². The zero-order valence-electron chi connectivity index (χ0n) is 14.8. The van der Waals surface area contributed by atoms with Crippen molar-refractivity contribution in [2.75, 3.05) is 18.1 Å². The number of nitrogens with zero attached hydrogens (tertiary/aromatic N) is 3. The minimum Gasteiger partial charge on any atom is -0.345 e. The van der Waals surface area contributed by atoms with Crippen LogP contribution in [0, 0.1) is 17.0 Å². The lowest BCUT2D eigenvalue weighted by atomic mass is 9.93. The Morgan fingerprint density at radius 3 is 2.57 bits per heavy atom. The molecule has 3 N–H and O–H groups in total. The van der Waals surface area contributed by atoms with Crippen LogP contribution in [0.15, 0.2) is 30.6 Å². The standard InChI is InChI=1S/C16H16F2N6O3S/c1-16(8-28(26,27)24(2)15(19)23-16)11-5-10(3-4-12(11)18)22-14(25)13-20-6-9(17)7-21-13/h3-7H,8H2,1-2H3,(H2,19,23)(H,22,25)/t16-/m0/s1. The summed E-state index contributed by atoms with van der Waals surface area (Å²) in [7, 11) is -2.61. The largest absolute Gasteiger partial charge is 0.345 e. The summed E-state index contributed by atoms with van der Waals surface area (Å²) in [5.41, 5.74) is -1.33. The van der Waals surface area contributed by atoms with Crippen molar-refractivity contribution in [3.8, 4) is 0 Å². The summed E-state index contributed by atoms with van der Waals surface area (Å²) in [5.74, 6) is -3.35. The highest BCUT2D eigenvalue weighted by molar-refractivity contribution is 7.89. The number of carbonyl (C=O) groups is 1. The van der Waals surface area contributed by atoms with Gasteiger partial charge in [0, 0.05) is 18.3 Å². The monoisotopic (exact) mass is 410 g/mol. The average Bonchev–Trinajstić information content (AvgIpc) is 2.61. The minimum atomic E-state index is -3.83. The van der Waals surface area contributed by atoms with Gasteiger partial charge in [0.1, 0.15) is 5.82 Å². The number of halogens is 2. The van der Waals surface area contributed by atoms with Crippen LogP contribution in [0.25, 0.3) is 0 Å². The Balaban J connectivity index is 1.92. The van der Waals surface area contributed by atoms with E-state index in [1.165, 1.54) is 26.1 Å². The first-order valence-corrected chi connectivity index (χ1v) is 9.55. The molecule has 1 atom stereocenters. The number of hydrogen-bond donors (Lipinski definition) is 3. The number of carbonyl (C=O) groups excluding carboxylic acids is 1. The van der Waals surface area contributed by atoms with Crippen LogP contribution in [-0.2, 0) is 15.6 Å². The van der Waals surface area contributed by atoms with Gasteiger partial charge in [-0.05, 0) is 25.1 Å². The van der Waals surface area contributed by atoms with Crippen LogP contribution in [0.3, 0.4) is 0 Å². The van der Waals surface area contributed by atoms with Gasteiger partial charge in [-0.3, -0.25) is 10.2 Å². The molecule has 2 aromatic rings. The second-order valence-electron chi connectivity index (χ2n) is 6.40. The summed E-state index contributed by atoms with van der Waals surface area (Å²) in [6.45, 7) is 1.44. The van der Waals surface area contributed by atoms with Gasteiger partial charge in [0.2, 0.25) is 21.8 Å². The molecule has 0 radical (unpaired) electrons. The molecule has 148 valence electrons. The second kappa shape index (κ2) is 6.78. The molecule has 0 unspecified atom stereocenters. The van der Waals surface area contributed by atoms with E-state index in [0.717, 1.165) is 22.8 Å². The van der Waals surface area contributed by atoms with Gasteiger partial charge in [-0.2, -0.15) is 0 Å². The van der Waals surface area contributed by atoms with E-state index in [2.05, 4.69) is 20.6 Å². The first-order valence-electron chi connectivity index (χ1n) is 7.94. The molecule has 12 heteroatoms. The van der Waals surface area contributed by atoms with Gasteiger partial charge in [0.15, 0.2) is 5.82 Å². The summed E-state index contributed by atoms with van der Waals surface area (Å²) in [6.07, 6.45) is 1.66. The number of aromatic nitrogens is 2. The van der Waals surface area contributed by atoms with Gasteiger partial charge in [-0.1, -0.05) is 0 Å². The molecule has 0 aliphatic carbocycles. The topological polar surface area (TPSA) is 128 Å². The number of amides is 1. The third kappa shape index (κ3) is 3.63. The van der Waals surface area contributed by atoms with Crippen molar-refractivity contribution in [2.24, 2.45) is 0 Å². The molecular weight excluding hydrogens is 394 g/mol. The van der Waals surface area contributed by atoms with Crippen molar-refractivity contribution < 1.29 is 22.0 Å². The van der Waals surface area contributed by atoms with Crippen molar-refractivity contribution in [3.05, 3.63) is 53.6 Å². The van der Waals surface area contributed by atoms with Gasteiger partial charge < -0.3 is 10.6 Å². The molecule has 1 aromatic heterocycles. The van der Waals surface area contributed by atoms with E-state index in [1.807, 2.05) is 0 Å². The Kier molecular flexibility index (Phi) is 4.75. The number of benzene rings is 1. The molecule has 1 aliphatic heterocycles. The quantitative estimate of drug-likeness (QED) is 0.693. The lowest BCUT2D eigenvalue weighted by Crippen LogP contribution is -2.61. The van der Waals surface area contributed by atoms with Crippen LogP contribution in [0.5, 0.6) is 0 Å². The average molecular weight is 410 g/mol. The first-order chi connectivity index (χ1) is 13.0. The lowest BCUT2D eigenvalue weighted by molar-refractivity contribution is 0.101. The number of anilines is 1. The van der Waals surface area contributed by atoms with Crippen molar-refractivity contribution in [1.82, 2.24) is 19.6 Å². The molecule has 0 saturated carbocycles. The van der Waals surface area contributed by atoms with Crippen molar-refractivity contribution in [1.29, 1.82) is 5.41 Å². The smallest absolute Gasteiger partial charge is 0.293 e. The van der Waals surface area contributed by atoms with Crippen LogP contribution in [0.2, 0.25) is 0 Å². The van der Waals surface area contributed by atoms with Gasteiger partial charge in [-0.15, -0.1) is 0 Å². The molecular formula is C16H16F2N6O3S. The van der Waals surface area contributed by atoms with E-state index in [0.29, 0.717) is 0 Å². The molecule has 1 aliphatic rings. The van der Waals surface area contributed by atoms with E-state index < -0.39 is 44.8 Å². The Hall–Kier alpha value is -3.15. The molecule has 1 saturated heterocycles. The fourth-order valence-corrected chi connectivity index (χ4v) is 4.24. The molecule has 1 fully saturated rings. The van der Waals surface area contributed by atoms with Gasteiger partial charge >= 0.3 is 0 Å². The first kappa shape index (κ1) is 19.6. The molecule has 1 aromatic carbocycles. The van der Waals surface area contributed by atoms with E-state index in [4.69, 9.17) is 5.41 Å². The molecule has 0 bridgehead atoms. The fraction of sp³-hybridized carbons (Fsp3) is 0.250. The van der Waals surface area contributed by atoms with Crippen LogP contribution >= 0.6 is 0 Å². The summed E-state index contributed by atoms with van der Waals surface area (Å²) >= 11 is 0. The van der Waals surface area contributed by atoms with Crippen molar-refractivity contribution in [3.63, 3.8) is 0 Å². The molecule has 9 nitrogen and oxygen atoms in total. The van der Waals surface area contributed by atoms with Crippen LogP contribution in [-0.4, -0.2) is 47.4 Å². The summed E-state index contributed by atoms with van der Waals surface area (Å²) in [4.78, 5) is 19.3. The Bertz CT molecular complexity index is 1060. The third-order valence-electron chi connectivity index (χ3n) is 4.24. The van der Waals surface area contributed by atoms with E-state index >= 15 is 0 Å². The number of rotatable bonds is 3. The number of nitrogens with one attached hydrogen (secondary N) is 3. The maximum absolute atomic E-state index is 14.5. The number of hydrogen-bond acceptors (Lipinski definition) is 6. The summed E-state index contributed by atoms with van der Waals surface area (Å²) < 4.78 is 52.7. The van der Waals surface area contributed by atoms with Gasteiger partial charge in [0.25, 0.3) is 5.91 Å². The van der Waals surface area contributed by atoms with Crippen molar-refractivity contribution >= 4 is 27.6 Å². The SMILES string of the molecule is CN1C(=N)N[C@](C)(c2cc(NC(=O)c3ncc(F)cn3)ccc2F)CS1(=O)=O. The Morgan fingerprint density at radius 2 is 1.96 bits per heavy atom. The normalized spacial score (nSPS) is 21.1. The molecule has 3 rings (SSSR count). The Labute approximate surface area is 159 Å². The van der Waals surface area contributed by atoms with Crippen LogP contribution in [0.1, 0.15) is 23.1 Å².